The van der Waals surface area contributed by atoms with E-state index in [-0.39, 0.29) is 14.2 Å². The van der Waals surface area contributed by atoms with Gasteiger partial charge in [0.2, 0.25) is 9.84 Å². The molecule has 0 amide bonds. The molecule has 1 aromatic carbocycles. The van der Waals surface area contributed by atoms with Gasteiger partial charge in [-0.2, -0.15) is 0 Å². The first-order valence-electron chi connectivity index (χ1n) is 4.53. The summed E-state index contributed by atoms with van der Waals surface area (Å²) < 4.78 is 24.4. The molecule has 84 valence electrons. The molecule has 2 rings (SSSR count). The van der Waals surface area contributed by atoms with Gasteiger partial charge in [-0.25, -0.2) is 13.4 Å². The Kier molecular flexibility index (Phi) is 2.69. The number of rotatable bonds is 2. The van der Waals surface area contributed by atoms with Crippen LogP contribution in [0, 0.1) is 6.92 Å². The predicted molar refractivity (Wildman–Crippen MR) is 63.2 cm³/mol. The van der Waals surface area contributed by atoms with Crippen LogP contribution in [0.15, 0.2) is 39.6 Å². The molecule has 0 saturated carbocycles. The third kappa shape index (κ3) is 1.94. The minimum absolute atomic E-state index is 0.176. The van der Waals surface area contributed by atoms with E-state index in [1.165, 1.54) is 6.20 Å². The summed E-state index contributed by atoms with van der Waals surface area (Å²) in [6.07, 6.45) is 1.29. The lowest BCUT2D eigenvalue weighted by Gasteiger charge is -2.01. The van der Waals surface area contributed by atoms with Gasteiger partial charge in [0.1, 0.15) is 4.21 Å². The summed E-state index contributed by atoms with van der Waals surface area (Å²) in [4.78, 5) is 4.02. The number of anilines is 1. The van der Waals surface area contributed by atoms with Crippen LogP contribution in [0.3, 0.4) is 0 Å². The first-order chi connectivity index (χ1) is 7.50. The molecular weight excluding hydrogens is 244 g/mol. The number of sulfone groups is 1. The van der Waals surface area contributed by atoms with Crippen LogP contribution in [0.1, 0.15) is 5.56 Å². The smallest absolute Gasteiger partial charge is 0.217 e. The molecule has 0 bridgehead atoms. The van der Waals surface area contributed by atoms with Crippen molar-refractivity contribution in [1.82, 2.24) is 4.98 Å². The Hall–Kier alpha value is -1.40. The van der Waals surface area contributed by atoms with E-state index < -0.39 is 9.84 Å². The molecule has 1 aromatic heterocycles. The van der Waals surface area contributed by atoms with E-state index >= 15 is 0 Å². The fourth-order valence-electron chi connectivity index (χ4n) is 1.29. The maximum Gasteiger partial charge on any atom is 0.217 e. The summed E-state index contributed by atoms with van der Waals surface area (Å²) in [5, 5.41) is 0.256. The number of hydrogen-bond donors (Lipinski definition) is 1. The highest BCUT2D eigenvalue weighted by atomic mass is 32.2. The van der Waals surface area contributed by atoms with E-state index in [0.29, 0.717) is 0 Å². The van der Waals surface area contributed by atoms with Gasteiger partial charge in [-0.15, -0.1) is 0 Å². The van der Waals surface area contributed by atoms with Gasteiger partial charge < -0.3 is 5.73 Å². The zero-order valence-corrected chi connectivity index (χ0v) is 10.2. The van der Waals surface area contributed by atoms with Gasteiger partial charge in [0.15, 0.2) is 5.13 Å². The predicted octanol–water partition coefficient (Wildman–Crippen LogP) is 1.87. The van der Waals surface area contributed by atoms with Crippen molar-refractivity contribution >= 4 is 26.3 Å². The first-order valence-corrected chi connectivity index (χ1v) is 6.83. The van der Waals surface area contributed by atoms with Crippen LogP contribution in [0.2, 0.25) is 0 Å². The van der Waals surface area contributed by atoms with Gasteiger partial charge in [-0.3, -0.25) is 0 Å². The summed E-state index contributed by atoms with van der Waals surface area (Å²) in [5.74, 6) is 0. The number of benzene rings is 1. The SMILES string of the molecule is Cc1cccc(S(=O)(=O)c2cnc(N)s2)c1. The van der Waals surface area contributed by atoms with Crippen LogP contribution in [0.4, 0.5) is 5.13 Å². The van der Waals surface area contributed by atoms with Gasteiger partial charge in [0, 0.05) is 0 Å². The van der Waals surface area contributed by atoms with Gasteiger partial charge in [-0.1, -0.05) is 23.5 Å². The lowest BCUT2D eigenvalue weighted by Crippen LogP contribution is -1.99. The average molecular weight is 254 g/mol. The highest BCUT2D eigenvalue weighted by Crippen LogP contribution is 2.27. The van der Waals surface area contributed by atoms with Gasteiger partial charge in [0.25, 0.3) is 0 Å². The molecule has 0 spiro atoms. The fourth-order valence-corrected chi connectivity index (χ4v) is 3.72. The number of aryl methyl sites for hydroxylation is 1. The second-order valence-electron chi connectivity index (χ2n) is 3.34. The number of thiazole rings is 1. The van der Waals surface area contributed by atoms with E-state index in [2.05, 4.69) is 4.98 Å². The fraction of sp³-hybridized carbons (Fsp3) is 0.100. The molecule has 0 aliphatic heterocycles. The van der Waals surface area contributed by atoms with Crippen LogP contribution >= 0.6 is 11.3 Å². The maximum atomic E-state index is 12.1. The maximum absolute atomic E-state index is 12.1. The summed E-state index contributed by atoms with van der Waals surface area (Å²) in [6.45, 7) is 1.85. The van der Waals surface area contributed by atoms with Gasteiger partial charge >= 0.3 is 0 Å². The van der Waals surface area contributed by atoms with Crippen molar-refractivity contribution in [2.45, 2.75) is 16.0 Å². The lowest BCUT2D eigenvalue weighted by molar-refractivity contribution is 0.598. The molecular formula is C10H10N2O2S2. The third-order valence-electron chi connectivity index (χ3n) is 2.07. The molecule has 0 fully saturated rings. The van der Waals surface area contributed by atoms with Crippen molar-refractivity contribution in [2.75, 3.05) is 5.73 Å². The Labute approximate surface area is 97.7 Å². The number of nitrogens with zero attached hydrogens (tertiary/aromatic N) is 1. The lowest BCUT2D eigenvalue weighted by atomic mass is 10.2. The Morgan fingerprint density at radius 1 is 1.38 bits per heavy atom. The van der Waals surface area contributed by atoms with E-state index in [1.54, 1.807) is 18.2 Å². The molecule has 2 N–H and O–H groups in total. The van der Waals surface area contributed by atoms with E-state index in [4.69, 9.17) is 5.73 Å². The molecule has 4 nitrogen and oxygen atoms in total. The van der Waals surface area contributed by atoms with Crippen LogP contribution < -0.4 is 5.73 Å². The largest absolute Gasteiger partial charge is 0.375 e. The van der Waals surface area contributed by atoms with Gasteiger partial charge in [0.05, 0.1) is 11.1 Å². The quantitative estimate of drug-likeness (QED) is 0.887. The number of nitrogens with two attached hydrogens (primary N) is 1. The minimum atomic E-state index is -3.46. The van der Waals surface area contributed by atoms with Crippen LogP contribution in [0.5, 0.6) is 0 Å². The van der Waals surface area contributed by atoms with Crippen molar-refractivity contribution in [3.8, 4) is 0 Å². The van der Waals surface area contributed by atoms with Crippen LogP contribution in [-0.2, 0) is 9.84 Å². The van der Waals surface area contributed by atoms with Crippen molar-refractivity contribution in [2.24, 2.45) is 0 Å². The molecule has 6 heteroatoms. The highest BCUT2D eigenvalue weighted by molar-refractivity contribution is 7.93. The van der Waals surface area contributed by atoms with Crippen LogP contribution in [-0.4, -0.2) is 13.4 Å². The van der Waals surface area contributed by atoms with Crippen molar-refractivity contribution in [1.29, 1.82) is 0 Å². The van der Waals surface area contributed by atoms with E-state index in [1.807, 2.05) is 13.0 Å². The van der Waals surface area contributed by atoms with Crippen molar-refractivity contribution < 1.29 is 8.42 Å². The molecule has 0 aliphatic carbocycles. The number of hydrogen-bond acceptors (Lipinski definition) is 5. The van der Waals surface area contributed by atoms with E-state index in [0.717, 1.165) is 16.9 Å². The third-order valence-corrected chi connectivity index (χ3v) is 5.11. The summed E-state index contributed by atoms with van der Waals surface area (Å²) in [6, 6.07) is 6.76. The Balaban J connectivity index is 2.55. The van der Waals surface area contributed by atoms with Crippen molar-refractivity contribution in [3.05, 3.63) is 36.0 Å². The number of nitrogen functional groups attached to an aromatic ring is 1. The van der Waals surface area contributed by atoms with E-state index in [9.17, 15) is 8.42 Å². The first kappa shape index (κ1) is 11.1. The Bertz CT molecular complexity index is 617. The Morgan fingerprint density at radius 3 is 2.69 bits per heavy atom. The van der Waals surface area contributed by atoms with Crippen molar-refractivity contribution in [3.63, 3.8) is 0 Å². The summed E-state index contributed by atoms with van der Waals surface area (Å²) in [5.41, 5.74) is 6.33. The molecule has 0 aliphatic rings. The molecule has 16 heavy (non-hydrogen) atoms. The minimum Gasteiger partial charge on any atom is -0.375 e. The normalized spacial score (nSPS) is 11.6. The number of aromatic nitrogens is 1. The highest BCUT2D eigenvalue weighted by Gasteiger charge is 2.20. The molecule has 2 aromatic rings. The second kappa shape index (κ2) is 3.88. The molecule has 0 atom stereocenters. The Morgan fingerprint density at radius 2 is 2.12 bits per heavy atom. The van der Waals surface area contributed by atoms with Gasteiger partial charge in [-0.05, 0) is 24.6 Å². The average Bonchev–Trinajstić information content (AvgIpc) is 2.65. The topological polar surface area (TPSA) is 73.0 Å². The zero-order chi connectivity index (χ0) is 11.8. The monoisotopic (exact) mass is 254 g/mol. The van der Waals surface area contributed by atoms with Crippen LogP contribution in [0.25, 0.3) is 0 Å². The molecule has 1 heterocycles. The molecule has 0 radical (unpaired) electrons. The summed E-state index contributed by atoms with van der Waals surface area (Å²) >= 11 is 0.974. The molecule has 0 saturated heterocycles. The zero-order valence-electron chi connectivity index (χ0n) is 8.54. The second-order valence-corrected chi connectivity index (χ2v) is 6.58. The summed E-state index contributed by atoms with van der Waals surface area (Å²) in [7, 11) is -3.46. The standard InChI is InChI=1S/C10H10N2O2S2/c1-7-3-2-4-8(5-7)16(13,14)9-6-12-10(11)15-9/h2-6H,1H3,(H2,11,12). The molecule has 0 unspecified atom stereocenters.